The molecule has 1 aromatic heterocycles. The van der Waals surface area contributed by atoms with Crippen LogP contribution in [0.1, 0.15) is 37.4 Å². The van der Waals surface area contributed by atoms with Crippen LogP contribution in [0.25, 0.3) is 10.9 Å². The minimum atomic E-state index is -1.24. The summed E-state index contributed by atoms with van der Waals surface area (Å²) in [5.41, 5.74) is 1.80. The molecule has 3 aliphatic heterocycles. The van der Waals surface area contributed by atoms with Gasteiger partial charge in [-0.3, -0.25) is 9.78 Å². The Bertz CT molecular complexity index is 923. The Balaban J connectivity index is 1.67. The molecule has 3 saturated heterocycles. The molecule has 5 rings (SSSR count). The molecular formula is C23H26N2O4. The first kappa shape index (κ1) is 19.6. The lowest BCUT2D eigenvalue weighted by Crippen LogP contribution is -3.20. The van der Waals surface area contributed by atoms with Crippen molar-refractivity contribution in [3.05, 3.63) is 54.7 Å². The second-order valence-electron chi connectivity index (χ2n) is 8.10. The van der Waals surface area contributed by atoms with Crippen molar-refractivity contribution in [3.63, 3.8) is 0 Å². The number of pyridine rings is 1. The first-order chi connectivity index (χ1) is 14.1. The van der Waals surface area contributed by atoms with Gasteiger partial charge in [0.05, 0.1) is 25.0 Å². The fraction of sp³-hybridized carbons (Fsp3) is 0.435. The molecular weight excluding hydrogens is 368 g/mol. The first-order valence-electron chi connectivity index (χ1n) is 10.3. The number of piperidine rings is 3. The number of esters is 1. The summed E-state index contributed by atoms with van der Waals surface area (Å²) < 4.78 is 5.95. The van der Waals surface area contributed by atoms with Crippen molar-refractivity contribution in [1.29, 1.82) is 0 Å². The van der Waals surface area contributed by atoms with E-state index in [9.17, 15) is 14.7 Å². The van der Waals surface area contributed by atoms with E-state index in [2.05, 4.69) is 17.6 Å². The summed E-state index contributed by atoms with van der Waals surface area (Å²) in [4.78, 5) is 29.1. The number of hydrogen-bond donors (Lipinski definition) is 1. The summed E-state index contributed by atoms with van der Waals surface area (Å²) in [7, 11) is 0. The molecule has 2 bridgehead atoms. The molecule has 1 aromatic carbocycles. The van der Waals surface area contributed by atoms with E-state index in [0.717, 1.165) is 42.4 Å². The number of carboxylic acid groups (broad SMARTS) is 1. The van der Waals surface area contributed by atoms with Crippen LogP contribution in [-0.4, -0.2) is 36.1 Å². The second-order valence-corrected chi connectivity index (χ2v) is 8.10. The number of rotatable bonds is 7. The van der Waals surface area contributed by atoms with E-state index in [1.165, 1.54) is 4.90 Å². The van der Waals surface area contributed by atoms with Crippen molar-refractivity contribution in [2.45, 2.75) is 37.8 Å². The van der Waals surface area contributed by atoms with Gasteiger partial charge in [0.2, 0.25) is 0 Å². The zero-order valence-electron chi connectivity index (χ0n) is 16.4. The number of hydrogen-bond acceptors (Lipinski definition) is 5. The maximum atomic E-state index is 12.5. The highest BCUT2D eigenvalue weighted by Gasteiger charge is 2.47. The van der Waals surface area contributed by atoms with E-state index >= 15 is 0 Å². The van der Waals surface area contributed by atoms with Crippen LogP contribution < -0.4 is 10.0 Å². The number of carboxylic acids is 1. The van der Waals surface area contributed by atoms with Gasteiger partial charge >= 0.3 is 5.97 Å². The Morgan fingerprint density at radius 1 is 1.31 bits per heavy atom. The summed E-state index contributed by atoms with van der Waals surface area (Å²) in [5, 5.41) is 11.7. The number of nitrogens with one attached hydrogen (secondary N) is 1. The molecule has 0 aliphatic carbocycles. The summed E-state index contributed by atoms with van der Waals surface area (Å²) in [6, 6.07) is 9.90. The van der Waals surface area contributed by atoms with Crippen molar-refractivity contribution in [2.24, 2.45) is 11.8 Å². The standard InChI is InChI=1S/C23H26N2O4/c1-2-15-14-25-12-10-16(15)13-20(25)23(29-22(28)8-7-21(26)27)18-9-11-24-19-6-4-3-5-17(18)19/h2-6,9,11,15-16,20,23H,1,7-8,10,12-14H2,(H,26,27)/t15-,16-,20+,23-/m0/s1. The lowest BCUT2D eigenvalue weighted by Gasteiger charge is -2.48. The highest BCUT2D eigenvalue weighted by molar-refractivity contribution is 5.83. The van der Waals surface area contributed by atoms with Crippen LogP contribution in [0.3, 0.4) is 0 Å². The van der Waals surface area contributed by atoms with Crippen LogP contribution in [0.15, 0.2) is 49.2 Å². The van der Waals surface area contributed by atoms with E-state index in [1.807, 2.05) is 30.3 Å². The van der Waals surface area contributed by atoms with Gasteiger partial charge < -0.3 is 19.5 Å². The van der Waals surface area contributed by atoms with Crippen molar-refractivity contribution >= 4 is 22.8 Å². The SMILES string of the molecule is C=C[C@H]1C[NH+]2CC[C@H]1C[C@@H]2[C@@H](OC(=O)CCC(=O)[O-])c1ccnc2ccccc12. The Morgan fingerprint density at radius 3 is 2.86 bits per heavy atom. The second kappa shape index (κ2) is 8.33. The van der Waals surface area contributed by atoms with Crippen LogP contribution in [0.2, 0.25) is 0 Å². The van der Waals surface area contributed by atoms with E-state index in [0.29, 0.717) is 11.8 Å². The molecule has 6 nitrogen and oxygen atoms in total. The largest absolute Gasteiger partial charge is 0.550 e. The Morgan fingerprint density at radius 2 is 2.14 bits per heavy atom. The van der Waals surface area contributed by atoms with Gasteiger partial charge in [0.1, 0.15) is 6.04 Å². The third-order valence-electron chi connectivity index (χ3n) is 6.47. The Labute approximate surface area is 170 Å². The molecule has 1 unspecified atom stereocenters. The van der Waals surface area contributed by atoms with Crippen LogP contribution >= 0.6 is 0 Å². The average Bonchev–Trinajstić information content (AvgIpc) is 2.76. The number of carbonyl (C=O) groups is 2. The van der Waals surface area contributed by atoms with Crippen LogP contribution in [-0.2, 0) is 14.3 Å². The number of nitrogens with zero attached hydrogens (tertiary/aromatic N) is 1. The maximum Gasteiger partial charge on any atom is 0.307 e. The van der Waals surface area contributed by atoms with E-state index < -0.39 is 18.0 Å². The first-order valence-corrected chi connectivity index (χ1v) is 10.3. The lowest BCUT2D eigenvalue weighted by molar-refractivity contribution is -0.949. The van der Waals surface area contributed by atoms with E-state index in [4.69, 9.17) is 4.74 Å². The van der Waals surface area contributed by atoms with Crippen LogP contribution in [0.4, 0.5) is 0 Å². The van der Waals surface area contributed by atoms with Gasteiger partial charge in [0.25, 0.3) is 0 Å². The minimum Gasteiger partial charge on any atom is -0.550 e. The summed E-state index contributed by atoms with van der Waals surface area (Å²) >= 11 is 0. The number of aliphatic carboxylic acids is 1. The summed E-state index contributed by atoms with van der Waals surface area (Å²) in [5.74, 6) is -0.693. The molecule has 1 N–H and O–H groups in total. The van der Waals surface area contributed by atoms with E-state index in [1.54, 1.807) is 6.20 Å². The van der Waals surface area contributed by atoms with Gasteiger partial charge in [0.15, 0.2) is 6.10 Å². The number of para-hydroxylation sites is 1. The monoisotopic (exact) mass is 394 g/mol. The lowest BCUT2D eigenvalue weighted by atomic mass is 9.73. The third kappa shape index (κ3) is 4.03. The molecule has 6 heteroatoms. The van der Waals surface area contributed by atoms with Gasteiger partial charge in [-0.2, -0.15) is 0 Å². The molecule has 152 valence electrons. The molecule has 3 fully saturated rings. The molecule has 4 heterocycles. The normalized spacial score (nSPS) is 26.8. The predicted octanol–water partition coefficient (Wildman–Crippen LogP) is 0.829. The van der Waals surface area contributed by atoms with Crippen molar-refractivity contribution in [2.75, 3.05) is 13.1 Å². The van der Waals surface area contributed by atoms with Crippen LogP contribution in [0.5, 0.6) is 0 Å². The molecule has 0 radical (unpaired) electrons. The molecule has 0 amide bonds. The third-order valence-corrected chi connectivity index (χ3v) is 6.47. The van der Waals surface area contributed by atoms with Crippen LogP contribution in [0, 0.1) is 11.8 Å². The summed E-state index contributed by atoms with van der Waals surface area (Å²) in [6.45, 7) is 6.04. The van der Waals surface area contributed by atoms with Gasteiger partial charge in [-0.25, -0.2) is 0 Å². The molecule has 5 atom stereocenters. The zero-order chi connectivity index (χ0) is 20.4. The molecule has 0 spiro atoms. The number of aromatic nitrogens is 1. The topological polar surface area (TPSA) is 83.8 Å². The van der Waals surface area contributed by atoms with E-state index in [-0.39, 0.29) is 18.9 Å². The minimum absolute atomic E-state index is 0.141. The smallest absolute Gasteiger partial charge is 0.307 e. The molecule has 3 aliphatic rings. The van der Waals surface area contributed by atoms with Gasteiger partial charge in [0, 0.05) is 41.9 Å². The number of quaternary nitrogens is 1. The van der Waals surface area contributed by atoms with Gasteiger partial charge in [-0.1, -0.05) is 24.3 Å². The molecule has 2 aromatic rings. The zero-order valence-corrected chi connectivity index (χ0v) is 16.4. The predicted molar refractivity (Wildman–Crippen MR) is 106 cm³/mol. The van der Waals surface area contributed by atoms with Gasteiger partial charge in [-0.15, -0.1) is 6.58 Å². The number of fused-ring (bicyclic) bond motifs is 4. The van der Waals surface area contributed by atoms with Crippen molar-refractivity contribution in [1.82, 2.24) is 4.98 Å². The van der Waals surface area contributed by atoms with Gasteiger partial charge in [-0.05, 0) is 24.5 Å². The van der Waals surface area contributed by atoms with Crippen molar-refractivity contribution < 1.29 is 24.3 Å². The fourth-order valence-electron chi connectivity index (χ4n) is 5.03. The quantitative estimate of drug-likeness (QED) is 0.556. The van der Waals surface area contributed by atoms with Crippen molar-refractivity contribution in [3.8, 4) is 0 Å². The number of ether oxygens (including phenoxy) is 1. The Hall–Kier alpha value is -2.73. The summed E-state index contributed by atoms with van der Waals surface area (Å²) in [6.07, 6.45) is 4.99. The number of benzene rings is 1. The molecule has 29 heavy (non-hydrogen) atoms. The maximum absolute atomic E-state index is 12.5. The highest BCUT2D eigenvalue weighted by atomic mass is 16.5. The molecule has 0 saturated carbocycles. The Kier molecular flexibility index (Phi) is 5.62. The number of carbonyl (C=O) groups excluding carboxylic acids is 2. The fourth-order valence-corrected chi connectivity index (χ4v) is 5.03. The average molecular weight is 394 g/mol. The highest BCUT2D eigenvalue weighted by Crippen LogP contribution is 2.36.